The molecule has 2 rings (SSSR count). The maximum atomic E-state index is 12.3. The van der Waals surface area contributed by atoms with Crippen LogP contribution in [0.5, 0.6) is 11.5 Å². The topological polar surface area (TPSA) is 73.6 Å². The van der Waals surface area contributed by atoms with Crippen molar-refractivity contribution in [3.05, 3.63) is 18.2 Å². The van der Waals surface area contributed by atoms with Gasteiger partial charge in [0.1, 0.15) is 0 Å². The molecule has 5 heteroatoms. The summed E-state index contributed by atoms with van der Waals surface area (Å²) in [5.41, 5.74) is 6.44. The zero-order chi connectivity index (χ0) is 14.5. The molecule has 2 atom stereocenters. The fourth-order valence-corrected chi connectivity index (χ4v) is 2.81. The number of hydrogen-bond acceptors (Lipinski definition) is 4. The average Bonchev–Trinajstić information content (AvgIpc) is 2.95. The molecule has 0 bridgehead atoms. The minimum absolute atomic E-state index is 0.0214. The molecule has 20 heavy (non-hydrogen) atoms. The van der Waals surface area contributed by atoms with Crippen LogP contribution in [0.25, 0.3) is 0 Å². The van der Waals surface area contributed by atoms with Gasteiger partial charge in [0.25, 0.3) is 0 Å². The molecule has 1 aliphatic rings. The number of nitrogens with one attached hydrogen (secondary N) is 1. The number of anilines is 1. The highest BCUT2D eigenvalue weighted by molar-refractivity contribution is 5.93. The first-order valence-electron chi connectivity index (χ1n) is 6.92. The van der Waals surface area contributed by atoms with E-state index in [4.69, 9.17) is 15.2 Å². The van der Waals surface area contributed by atoms with E-state index >= 15 is 0 Å². The van der Waals surface area contributed by atoms with E-state index < -0.39 is 0 Å². The molecule has 1 aromatic carbocycles. The van der Waals surface area contributed by atoms with Gasteiger partial charge in [0.05, 0.1) is 14.2 Å². The molecule has 1 fully saturated rings. The third kappa shape index (κ3) is 3.04. The predicted molar refractivity (Wildman–Crippen MR) is 78.1 cm³/mol. The van der Waals surface area contributed by atoms with Crippen LogP contribution in [0.4, 0.5) is 5.69 Å². The van der Waals surface area contributed by atoms with E-state index in [1.54, 1.807) is 26.4 Å². The maximum Gasteiger partial charge on any atom is 0.227 e. The van der Waals surface area contributed by atoms with Crippen LogP contribution >= 0.6 is 0 Å². The van der Waals surface area contributed by atoms with Gasteiger partial charge in [-0.2, -0.15) is 0 Å². The van der Waals surface area contributed by atoms with Gasteiger partial charge in [-0.05, 0) is 37.4 Å². The summed E-state index contributed by atoms with van der Waals surface area (Å²) in [7, 11) is 3.16. The van der Waals surface area contributed by atoms with Crippen molar-refractivity contribution in [3.63, 3.8) is 0 Å². The van der Waals surface area contributed by atoms with Crippen LogP contribution in [-0.4, -0.2) is 26.7 Å². The molecule has 3 N–H and O–H groups in total. The van der Waals surface area contributed by atoms with E-state index in [9.17, 15) is 4.79 Å². The lowest BCUT2D eigenvalue weighted by Gasteiger charge is -2.18. The summed E-state index contributed by atoms with van der Waals surface area (Å²) < 4.78 is 10.4. The fraction of sp³-hybridized carbons (Fsp3) is 0.533. The SMILES string of the molecule is COc1ccc(NC(=O)[C@@H]2CCC[C@@H]2CN)cc1OC. The van der Waals surface area contributed by atoms with Crippen molar-refractivity contribution < 1.29 is 14.3 Å². The lowest BCUT2D eigenvalue weighted by atomic mass is 9.95. The van der Waals surface area contributed by atoms with Crippen LogP contribution in [-0.2, 0) is 4.79 Å². The van der Waals surface area contributed by atoms with E-state index in [1.807, 2.05) is 6.07 Å². The molecule has 0 heterocycles. The second-order valence-corrected chi connectivity index (χ2v) is 5.09. The van der Waals surface area contributed by atoms with E-state index in [0.717, 1.165) is 24.9 Å². The smallest absolute Gasteiger partial charge is 0.227 e. The summed E-state index contributed by atoms with van der Waals surface area (Å²) in [4.78, 5) is 12.3. The second kappa shape index (κ2) is 6.61. The molecule has 1 amide bonds. The van der Waals surface area contributed by atoms with Gasteiger partial charge >= 0.3 is 0 Å². The van der Waals surface area contributed by atoms with Gasteiger partial charge in [-0.15, -0.1) is 0 Å². The standard InChI is InChI=1S/C15H22N2O3/c1-19-13-7-6-11(8-14(13)20-2)17-15(18)12-5-3-4-10(12)9-16/h6-8,10,12H,3-5,9,16H2,1-2H3,(H,17,18)/t10-,12-/m1/s1. The molecule has 0 spiro atoms. The normalized spacial score (nSPS) is 21.6. The zero-order valence-electron chi connectivity index (χ0n) is 12.0. The van der Waals surface area contributed by atoms with Crippen molar-refractivity contribution in [2.45, 2.75) is 19.3 Å². The number of benzene rings is 1. The Morgan fingerprint density at radius 2 is 2.05 bits per heavy atom. The van der Waals surface area contributed by atoms with Gasteiger partial charge in [0.15, 0.2) is 11.5 Å². The molecule has 0 unspecified atom stereocenters. The van der Waals surface area contributed by atoms with Crippen LogP contribution in [0.3, 0.4) is 0 Å². The third-order valence-electron chi connectivity index (χ3n) is 3.95. The number of rotatable bonds is 5. The first-order valence-corrected chi connectivity index (χ1v) is 6.92. The lowest BCUT2D eigenvalue weighted by molar-refractivity contribution is -0.120. The Bertz CT molecular complexity index is 476. The summed E-state index contributed by atoms with van der Waals surface area (Å²) in [5, 5.41) is 2.94. The molecule has 0 aromatic heterocycles. The molecule has 0 aliphatic heterocycles. The number of methoxy groups -OCH3 is 2. The van der Waals surface area contributed by atoms with Gasteiger partial charge in [-0.25, -0.2) is 0 Å². The summed E-state index contributed by atoms with van der Waals surface area (Å²) in [6, 6.07) is 5.36. The average molecular weight is 278 g/mol. The summed E-state index contributed by atoms with van der Waals surface area (Å²) >= 11 is 0. The molecular weight excluding hydrogens is 256 g/mol. The Hall–Kier alpha value is -1.75. The van der Waals surface area contributed by atoms with Crippen LogP contribution in [0.2, 0.25) is 0 Å². The minimum Gasteiger partial charge on any atom is -0.493 e. The second-order valence-electron chi connectivity index (χ2n) is 5.09. The molecule has 1 saturated carbocycles. The van der Waals surface area contributed by atoms with Crippen molar-refractivity contribution in [1.29, 1.82) is 0 Å². The molecule has 1 aromatic rings. The summed E-state index contributed by atoms with van der Waals surface area (Å²) in [6.45, 7) is 0.573. The summed E-state index contributed by atoms with van der Waals surface area (Å²) in [6.07, 6.45) is 3.04. The quantitative estimate of drug-likeness (QED) is 0.864. The molecule has 1 aliphatic carbocycles. The van der Waals surface area contributed by atoms with Crippen LogP contribution < -0.4 is 20.5 Å². The lowest BCUT2D eigenvalue weighted by Crippen LogP contribution is -2.29. The molecule has 5 nitrogen and oxygen atoms in total. The first-order chi connectivity index (χ1) is 9.69. The number of ether oxygens (including phenoxy) is 2. The largest absolute Gasteiger partial charge is 0.493 e. The Balaban J connectivity index is 2.07. The van der Waals surface area contributed by atoms with Crippen LogP contribution in [0, 0.1) is 11.8 Å². The van der Waals surface area contributed by atoms with Crippen molar-refractivity contribution >= 4 is 11.6 Å². The highest BCUT2D eigenvalue weighted by Crippen LogP contribution is 2.33. The van der Waals surface area contributed by atoms with Gasteiger partial charge in [0.2, 0.25) is 5.91 Å². The fourth-order valence-electron chi connectivity index (χ4n) is 2.81. The maximum absolute atomic E-state index is 12.3. The number of amides is 1. The molecule has 0 saturated heterocycles. The van der Waals surface area contributed by atoms with E-state index in [2.05, 4.69) is 5.32 Å². The zero-order valence-corrected chi connectivity index (χ0v) is 12.0. The monoisotopic (exact) mass is 278 g/mol. The number of hydrogen-bond donors (Lipinski definition) is 2. The van der Waals surface area contributed by atoms with Crippen LogP contribution in [0.15, 0.2) is 18.2 Å². The van der Waals surface area contributed by atoms with Gasteiger partial charge in [-0.1, -0.05) is 6.42 Å². The summed E-state index contributed by atoms with van der Waals surface area (Å²) in [5.74, 6) is 1.62. The van der Waals surface area contributed by atoms with Crippen LogP contribution in [0.1, 0.15) is 19.3 Å². The Kier molecular flexibility index (Phi) is 4.84. The highest BCUT2D eigenvalue weighted by Gasteiger charge is 2.31. The predicted octanol–water partition coefficient (Wildman–Crippen LogP) is 2.02. The minimum atomic E-state index is 0.0214. The van der Waals surface area contributed by atoms with Crippen molar-refractivity contribution in [2.24, 2.45) is 17.6 Å². The molecule has 110 valence electrons. The number of nitrogens with two attached hydrogens (primary N) is 1. The molecular formula is C15H22N2O3. The Morgan fingerprint density at radius 1 is 1.30 bits per heavy atom. The van der Waals surface area contributed by atoms with E-state index in [1.165, 1.54) is 0 Å². The molecule has 0 radical (unpaired) electrons. The van der Waals surface area contributed by atoms with Crippen molar-refractivity contribution in [2.75, 3.05) is 26.1 Å². The van der Waals surface area contributed by atoms with Crippen molar-refractivity contribution in [1.82, 2.24) is 0 Å². The van der Waals surface area contributed by atoms with Crippen molar-refractivity contribution in [3.8, 4) is 11.5 Å². The van der Waals surface area contributed by atoms with Gasteiger partial charge in [-0.3, -0.25) is 4.79 Å². The van der Waals surface area contributed by atoms with E-state index in [0.29, 0.717) is 24.0 Å². The highest BCUT2D eigenvalue weighted by atomic mass is 16.5. The van der Waals surface area contributed by atoms with Gasteiger partial charge in [0, 0.05) is 17.7 Å². The Labute approximate surface area is 119 Å². The number of carbonyl (C=O) groups is 1. The first kappa shape index (κ1) is 14.7. The van der Waals surface area contributed by atoms with Gasteiger partial charge < -0.3 is 20.5 Å². The third-order valence-corrected chi connectivity index (χ3v) is 3.95. The Morgan fingerprint density at radius 3 is 2.70 bits per heavy atom. The number of carbonyl (C=O) groups excluding carboxylic acids is 1. The van der Waals surface area contributed by atoms with E-state index in [-0.39, 0.29) is 11.8 Å².